The van der Waals surface area contributed by atoms with Crippen LogP contribution < -0.4 is 5.32 Å². The first kappa shape index (κ1) is 15.4. The van der Waals surface area contributed by atoms with Gasteiger partial charge in [-0.2, -0.15) is 0 Å². The van der Waals surface area contributed by atoms with Crippen molar-refractivity contribution in [3.05, 3.63) is 29.3 Å². The van der Waals surface area contributed by atoms with Gasteiger partial charge in [-0.25, -0.2) is 9.59 Å². The third kappa shape index (κ3) is 3.97. The highest BCUT2D eigenvalue weighted by Crippen LogP contribution is 2.25. The lowest BCUT2D eigenvalue weighted by Crippen LogP contribution is -2.34. The molecule has 1 aromatic rings. The van der Waals surface area contributed by atoms with Crippen molar-refractivity contribution >= 4 is 17.7 Å². The maximum absolute atomic E-state index is 12.1. The number of aryl methyl sites for hydroxylation is 1. The summed E-state index contributed by atoms with van der Waals surface area (Å²) in [5, 5.41) is 11.8. The molecule has 5 heteroatoms. The number of benzene rings is 1. The first-order chi connectivity index (χ1) is 9.97. The Hall–Kier alpha value is -2.04. The molecule has 1 saturated carbocycles. The minimum Gasteiger partial charge on any atom is -0.478 e. The van der Waals surface area contributed by atoms with Crippen LogP contribution in [0.25, 0.3) is 0 Å². The monoisotopic (exact) mass is 290 g/mol. The summed E-state index contributed by atoms with van der Waals surface area (Å²) < 4.78 is 0. The van der Waals surface area contributed by atoms with Crippen LogP contribution in [0, 0.1) is 12.8 Å². The van der Waals surface area contributed by atoms with Gasteiger partial charge in [-0.3, -0.25) is 0 Å². The molecule has 0 saturated heterocycles. The molecule has 0 aromatic heterocycles. The highest BCUT2D eigenvalue weighted by atomic mass is 16.4. The molecule has 1 fully saturated rings. The van der Waals surface area contributed by atoms with Crippen molar-refractivity contribution in [3.8, 4) is 0 Å². The zero-order chi connectivity index (χ0) is 15.4. The van der Waals surface area contributed by atoms with Gasteiger partial charge >= 0.3 is 12.0 Å². The molecule has 114 valence electrons. The Morgan fingerprint density at radius 1 is 1.33 bits per heavy atom. The zero-order valence-corrected chi connectivity index (χ0v) is 12.6. The summed E-state index contributed by atoms with van der Waals surface area (Å²) in [7, 11) is 1.80. The molecule has 21 heavy (non-hydrogen) atoms. The van der Waals surface area contributed by atoms with Crippen LogP contribution in [0.15, 0.2) is 18.2 Å². The second-order valence-electron chi connectivity index (χ2n) is 5.80. The number of hydrogen-bond acceptors (Lipinski definition) is 2. The Balaban J connectivity index is 1.95. The van der Waals surface area contributed by atoms with Crippen molar-refractivity contribution in [1.29, 1.82) is 0 Å². The summed E-state index contributed by atoms with van der Waals surface area (Å²) in [5.41, 5.74) is 1.52. The number of carbonyl (C=O) groups excluding carboxylic acids is 1. The van der Waals surface area contributed by atoms with E-state index in [0.717, 1.165) is 6.54 Å². The van der Waals surface area contributed by atoms with Gasteiger partial charge in [0.05, 0.1) is 5.56 Å². The number of carboxylic acids is 1. The molecule has 0 bridgehead atoms. The lowest BCUT2D eigenvalue weighted by Gasteiger charge is -2.21. The number of urea groups is 1. The molecule has 2 N–H and O–H groups in total. The van der Waals surface area contributed by atoms with Gasteiger partial charge in [-0.05, 0) is 49.4 Å². The summed E-state index contributed by atoms with van der Waals surface area (Å²) in [4.78, 5) is 24.8. The fourth-order valence-corrected chi connectivity index (χ4v) is 2.86. The van der Waals surface area contributed by atoms with Crippen molar-refractivity contribution in [2.75, 3.05) is 18.9 Å². The normalized spacial score (nSPS) is 15.0. The number of anilines is 1. The Bertz CT molecular complexity index is 536. The average Bonchev–Trinajstić information content (AvgIpc) is 2.91. The van der Waals surface area contributed by atoms with Crippen molar-refractivity contribution in [2.45, 2.75) is 32.6 Å². The van der Waals surface area contributed by atoms with Gasteiger partial charge in [0, 0.05) is 19.3 Å². The van der Waals surface area contributed by atoms with Crippen molar-refractivity contribution < 1.29 is 14.7 Å². The summed E-state index contributed by atoms with van der Waals surface area (Å²) in [6, 6.07) is 4.68. The van der Waals surface area contributed by atoms with Crippen LogP contribution in [-0.4, -0.2) is 35.6 Å². The lowest BCUT2D eigenvalue weighted by molar-refractivity contribution is 0.0696. The quantitative estimate of drug-likeness (QED) is 0.893. The maximum Gasteiger partial charge on any atom is 0.335 e. The number of carbonyl (C=O) groups is 2. The highest BCUT2D eigenvalue weighted by molar-refractivity contribution is 5.92. The van der Waals surface area contributed by atoms with E-state index in [1.165, 1.54) is 31.7 Å². The van der Waals surface area contributed by atoms with E-state index < -0.39 is 5.97 Å². The van der Waals surface area contributed by atoms with Crippen LogP contribution >= 0.6 is 0 Å². The van der Waals surface area contributed by atoms with Gasteiger partial charge in [-0.15, -0.1) is 0 Å². The predicted molar refractivity (Wildman–Crippen MR) is 81.7 cm³/mol. The van der Waals surface area contributed by atoms with Gasteiger partial charge < -0.3 is 15.3 Å². The van der Waals surface area contributed by atoms with Gasteiger partial charge in [-0.1, -0.05) is 12.8 Å². The average molecular weight is 290 g/mol. The molecule has 0 atom stereocenters. The Morgan fingerprint density at radius 3 is 2.57 bits per heavy atom. The fraction of sp³-hybridized carbons (Fsp3) is 0.500. The number of aromatic carboxylic acids is 1. The molecule has 0 spiro atoms. The van der Waals surface area contributed by atoms with Crippen molar-refractivity contribution in [2.24, 2.45) is 5.92 Å². The Morgan fingerprint density at radius 2 is 2.00 bits per heavy atom. The summed E-state index contributed by atoms with van der Waals surface area (Å²) in [6.45, 7) is 2.50. The lowest BCUT2D eigenvalue weighted by atomic mass is 10.1. The molecule has 1 aromatic carbocycles. The smallest absolute Gasteiger partial charge is 0.335 e. The number of nitrogens with one attached hydrogen (secondary N) is 1. The standard InChI is InChI=1S/C16H22N2O3/c1-11-9-13(7-8-14(11)15(19)20)17-16(21)18(2)10-12-5-3-4-6-12/h7-9,12H,3-6,10H2,1-2H3,(H,17,21)(H,19,20). The van der Waals surface area contributed by atoms with E-state index in [9.17, 15) is 9.59 Å². The number of carboxylic acid groups (broad SMARTS) is 1. The Kier molecular flexibility index (Phi) is 4.83. The maximum atomic E-state index is 12.1. The predicted octanol–water partition coefficient (Wildman–Crippen LogP) is 3.35. The molecular formula is C16H22N2O3. The van der Waals surface area contributed by atoms with Gasteiger partial charge in [0.1, 0.15) is 0 Å². The van der Waals surface area contributed by atoms with E-state index in [1.807, 2.05) is 0 Å². The van der Waals surface area contributed by atoms with Gasteiger partial charge in [0.15, 0.2) is 0 Å². The molecular weight excluding hydrogens is 268 g/mol. The third-order valence-corrected chi connectivity index (χ3v) is 4.06. The minimum atomic E-state index is -0.955. The van der Waals surface area contributed by atoms with Crippen LogP contribution in [0.2, 0.25) is 0 Å². The van der Waals surface area contributed by atoms with Crippen LogP contribution in [-0.2, 0) is 0 Å². The molecule has 2 amide bonds. The van der Waals surface area contributed by atoms with E-state index in [4.69, 9.17) is 5.11 Å². The van der Waals surface area contributed by atoms with Crippen LogP contribution in [0.4, 0.5) is 10.5 Å². The van der Waals surface area contributed by atoms with Crippen molar-refractivity contribution in [1.82, 2.24) is 4.90 Å². The minimum absolute atomic E-state index is 0.149. The molecule has 5 nitrogen and oxygen atoms in total. The summed E-state index contributed by atoms with van der Waals surface area (Å²) in [6.07, 6.45) is 4.92. The topological polar surface area (TPSA) is 69.6 Å². The van der Waals surface area contributed by atoms with Gasteiger partial charge in [0.2, 0.25) is 0 Å². The molecule has 0 aliphatic heterocycles. The molecule has 2 rings (SSSR count). The highest BCUT2D eigenvalue weighted by Gasteiger charge is 2.19. The number of amides is 2. The van der Waals surface area contributed by atoms with Crippen LogP contribution in [0.3, 0.4) is 0 Å². The van der Waals surface area contributed by atoms with E-state index in [0.29, 0.717) is 17.2 Å². The van der Waals surface area contributed by atoms with Crippen LogP contribution in [0.5, 0.6) is 0 Å². The van der Waals surface area contributed by atoms with E-state index in [-0.39, 0.29) is 11.6 Å². The Labute approximate surface area is 125 Å². The third-order valence-electron chi connectivity index (χ3n) is 4.06. The summed E-state index contributed by atoms with van der Waals surface area (Å²) >= 11 is 0. The van der Waals surface area contributed by atoms with E-state index >= 15 is 0 Å². The largest absolute Gasteiger partial charge is 0.478 e. The van der Waals surface area contributed by atoms with E-state index in [1.54, 1.807) is 31.0 Å². The number of nitrogens with zero attached hydrogens (tertiary/aromatic N) is 1. The van der Waals surface area contributed by atoms with E-state index in [2.05, 4.69) is 5.32 Å². The first-order valence-corrected chi connectivity index (χ1v) is 7.33. The number of hydrogen-bond donors (Lipinski definition) is 2. The SMILES string of the molecule is Cc1cc(NC(=O)N(C)CC2CCCC2)ccc1C(=O)O. The molecule has 0 heterocycles. The molecule has 1 aliphatic rings. The summed E-state index contributed by atoms with van der Waals surface area (Å²) in [5.74, 6) is -0.347. The van der Waals surface area contributed by atoms with Crippen LogP contribution in [0.1, 0.15) is 41.6 Å². The molecule has 1 aliphatic carbocycles. The second kappa shape index (κ2) is 6.61. The first-order valence-electron chi connectivity index (χ1n) is 7.33. The second-order valence-corrected chi connectivity index (χ2v) is 5.80. The molecule has 0 unspecified atom stereocenters. The van der Waals surface area contributed by atoms with Gasteiger partial charge in [0.25, 0.3) is 0 Å². The fourth-order valence-electron chi connectivity index (χ4n) is 2.86. The number of rotatable bonds is 4. The molecule has 0 radical (unpaired) electrons. The zero-order valence-electron chi connectivity index (χ0n) is 12.6. The van der Waals surface area contributed by atoms with Crippen molar-refractivity contribution in [3.63, 3.8) is 0 Å².